The third-order valence-corrected chi connectivity index (χ3v) is 3.51. The van der Waals surface area contributed by atoms with Crippen molar-refractivity contribution in [2.75, 3.05) is 12.4 Å². The first-order valence-corrected chi connectivity index (χ1v) is 6.75. The average Bonchev–Trinajstić information content (AvgIpc) is 2.43. The number of hydrogen-bond acceptors (Lipinski definition) is 3. The molecular formula is C15H14BrNO3. The Kier molecular flexibility index (Phi) is 4.29. The van der Waals surface area contributed by atoms with E-state index in [4.69, 9.17) is 4.74 Å². The maximum absolute atomic E-state index is 12.2. The zero-order valence-corrected chi connectivity index (χ0v) is 12.7. The lowest BCUT2D eigenvalue weighted by molar-refractivity contribution is 0.102. The Morgan fingerprint density at radius 3 is 2.70 bits per heavy atom. The van der Waals surface area contributed by atoms with Crippen LogP contribution in [0.25, 0.3) is 0 Å². The maximum atomic E-state index is 12.2. The molecule has 0 saturated carbocycles. The highest BCUT2D eigenvalue weighted by molar-refractivity contribution is 9.10. The van der Waals surface area contributed by atoms with Crippen molar-refractivity contribution in [1.29, 1.82) is 0 Å². The summed E-state index contributed by atoms with van der Waals surface area (Å²) in [6, 6.07) is 10.2. The molecule has 2 aromatic carbocycles. The minimum atomic E-state index is -0.375. The summed E-state index contributed by atoms with van der Waals surface area (Å²) in [5.41, 5.74) is 1.72. The van der Waals surface area contributed by atoms with Gasteiger partial charge >= 0.3 is 0 Å². The highest BCUT2D eigenvalue weighted by atomic mass is 79.9. The molecule has 4 nitrogen and oxygen atoms in total. The molecule has 0 radical (unpaired) electrons. The number of aryl methyl sites for hydroxylation is 1. The predicted octanol–water partition coefficient (Wildman–Crippen LogP) is 3.72. The molecule has 0 fully saturated rings. The number of methoxy groups -OCH3 is 1. The van der Waals surface area contributed by atoms with Gasteiger partial charge in [-0.25, -0.2) is 0 Å². The highest BCUT2D eigenvalue weighted by Crippen LogP contribution is 2.28. The second-order valence-corrected chi connectivity index (χ2v) is 5.17. The molecule has 2 aromatic rings. The van der Waals surface area contributed by atoms with E-state index in [1.165, 1.54) is 6.07 Å². The number of ether oxygens (including phenoxy) is 1. The number of rotatable bonds is 3. The number of phenols is 1. The van der Waals surface area contributed by atoms with Crippen LogP contribution < -0.4 is 10.1 Å². The fourth-order valence-corrected chi connectivity index (χ4v) is 2.09. The minimum Gasteiger partial charge on any atom is -0.507 e. The third kappa shape index (κ3) is 3.11. The van der Waals surface area contributed by atoms with Crippen molar-refractivity contribution in [3.05, 3.63) is 52.0 Å². The SMILES string of the molecule is COc1ccc(Br)c(NC(=O)c2cc(C)ccc2O)c1. The second kappa shape index (κ2) is 5.96. The Bertz CT molecular complexity index is 656. The Labute approximate surface area is 125 Å². The van der Waals surface area contributed by atoms with Crippen LogP contribution >= 0.6 is 15.9 Å². The molecule has 0 saturated heterocycles. The van der Waals surface area contributed by atoms with Gasteiger partial charge in [-0.1, -0.05) is 11.6 Å². The number of hydrogen-bond donors (Lipinski definition) is 2. The Morgan fingerprint density at radius 1 is 1.25 bits per heavy atom. The van der Waals surface area contributed by atoms with E-state index in [2.05, 4.69) is 21.2 Å². The summed E-state index contributed by atoms with van der Waals surface area (Å²) < 4.78 is 5.85. The van der Waals surface area contributed by atoms with Crippen molar-refractivity contribution in [3.63, 3.8) is 0 Å². The summed E-state index contributed by atoms with van der Waals surface area (Å²) >= 11 is 3.36. The van der Waals surface area contributed by atoms with Crippen LogP contribution in [0.5, 0.6) is 11.5 Å². The van der Waals surface area contributed by atoms with E-state index in [1.807, 2.05) is 6.92 Å². The number of carbonyl (C=O) groups is 1. The number of nitrogens with one attached hydrogen (secondary N) is 1. The number of anilines is 1. The van der Waals surface area contributed by atoms with Gasteiger partial charge in [-0.3, -0.25) is 4.79 Å². The normalized spacial score (nSPS) is 10.2. The maximum Gasteiger partial charge on any atom is 0.259 e. The van der Waals surface area contributed by atoms with E-state index in [0.717, 1.165) is 10.0 Å². The zero-order chi connectivity index (χ0) is 14.7. The molecule has 20 heavy (non-hydrogen) atoms. The van der Waals surface area contributed by atoms with Gasteiger partial charge in [0.1, 0.15) is 11.5 Å². The molecule has 0 heterocycles. The zero-order valence-electron chi connectivity index (χ0n) is 11.1. The summed E-state index contributed by atoms with van der Waals surface area (Å²) in [7, 11) is 1.56. The van der Waals surface area contributed by atoms with Gasteiger partial charge in [-0.15, -0.1) is 0 Å². The molecule has 0 aromatic heterocycles. The average molecular weight is 336 g/mol. The van der Waals surface area contributed by atoms with Gasteiger partial charge in [0.15, 0.2) is 0 Å². The number of aromatic hydroxyl groups is 1. The predicted molar refractivity (Wildman–Crippen MR) is 81.5 cm³/mol. The van der Waals surface area contributed by atoms with Crippen LogP contribution in [-0.2, 0) is 0 Å². The molecule has 0 aliphatic carbocycles. The molecule has 0 atom stereocenters. The molecule has 2 N–H and O–H groups in total. The van der Waals surface area contributed by atoms with Gasteiger partial charge in [-0.05, 0) is 47.1 Å². The van der Waals surface area contributed by atoms with Crippen molar-refractivity contribution < 1.29 is 14.6 Å². The molecular weight excluding hydrogens is 322 g/mol. The lowest BCUT2D eigenvalue weighted by atomic mass is 10.1. The van der Waals surface area contributed by atoms with E-state index in [0.29, 0.717) is 11.4 Å². The molecule has 0 aliphatic heterocycles. The van der Waals surface area contributed by atoms with Crippen LogP contribution in [0.2, 0.25) is 0 Å². The first-order chi connectivity index (χ1) is 9.51. The Balaban J connectivity index is 2.30. The van der Waals surface area contributed by atoms with Gasteiger partial charge in [-0.2, -0.15) is 0 Å². The number of amides is 1. The first kappa shape index (κ1) is 14.4. The van der Waals surface area contributed by atoms with E-state index in [9.17, 15) is 9.90 Å². The summed E-state index contributed by atoms with van der Waals surface area (Å²) in [4.78, 5) is 12.2. The molecule has 0 unspecified atom stereocenters. The van der Waals surface area contributed by atoms with Gasteiger partial charge in [0, 0.05) is 10.5 Å². The van der Waals surface area contributed by atoms with Gasteiger partial charge in [0.25, 0.3) is 5.91 Å². The van der Waals surface area contributed by atoms with Crippen LogP contribution in [0.1, 0.15) is 15.9 Å². The lowest BCUT2D eigenvalue weighted by Crippen LogP contribution is -2.12. The number of benzene rings is 2. The number of carbonyl (C=O) groups excluding carboxylic acids is 1. The summed E-state index contributed by atoms with van der Waals surface area (Å²) in [6.45, 7) is 1.86. The van der Waals surface area contributed by atoms with Crippen molar-refractivity contribution in [3.8, 4) is 11.5 Å². The molecule has 2 rings (SSSR count). The lowest BCUT2D eigenvalue weighted by Gasteiger charge is -2.10. The third-order valence-electron chi connectivity index (χ3n) is 2.82. The van der Waals surface area contributed by atoms with E-state index in [1.54, 1.807) is 37.4 Å². The molecule has 1 amide bonds. The molecule has 0 spiro atoms. The number of halogens is 1. The molecule has 104 valence electrons. The smallest absolute Gasteiger partial charge is 0.259 e. The van der Waals surface area contributed by atoms with Gasteiger partial charge < -0.3 is 15.2 Å². The Morgan fingerprint density at radius 2 is 2.00 bits per heavy atom. The minimum absolute atomic E-state index is 0.0490. The standard InChI is InChI=1S/C15H14BrNO3/c1-9-3-6-14(18)11(7-9)15(19)17-13-8-10(20-2)4-5-12(13)16/h3-8,18H,1-2H3,(H,17,19). The van der Waals surface area contributed by atoms with Gasteiger partial charge in [0.2, 0.25) is 0 Å². The van der Waals surface area contributed by atoms with Crippen LogP contribution in [0.15, 0.2) is 40.9 Å². The number of phenolic OH excluding ortho intramolecular Hbond substituents is 1. The molecule has 0 bridgehead atoms. The van der Waals surface area contributed by atoms with Crippen molar-refractivity contribution >= 4 is 27.5 Å². The highest BCUT2D eigenvalue weighted by Gasteiger charge is 2.13. The second-order valence-electron chi connectivity index (χ2n) is 4.32. The summed E-state index contributed by atoms with van der Waals surface area (Å²) in [5.74, 6) is 0.212. The monoisotopic (exact) mass is 335 g/mol. The van der Waals surface area contributed by atoms with E-state index in [-0.39, 0.29) is 17.2 Å². The summed E-state index contributed by atoms with van der Waals surface area (Å²) in [6.07, 6.45) is 0. The fourth-order valence-electron chi connectivity index (χ4n) is 1.75. The van der Waals surface area contributed by atoms with Crippen LogP contribution in [0.4, 0.5) is 5.69 Å². The quantitative estimate of drug-likeness (QED) is 0.898. The Hall–Kier alpha value is -2.01. The van der Waals surface area contributed by atoms with E-state index < -0.39 is 0 Å². The van der Waals surface area contributed by atoms with E-state index >= 15 is 0 Å². The largest absolute Gasteiger partial charge is 0.507 e. The fraction of sp³-hybridized carbons (Fsp3) is 0.133. The van der Waals surface area contributed by atoms with Crippen LogP contribution in [0.3, 0.4) is 0 Å². The summed E-state index contributed by atoms with van der Waals surface area (Å²) in [5, 5.41) is 12.5. The first-order valence-electron chi connectivity index (χ1n) is 5.96. The molecule has 0 aliphatic rings. The van der Waals surface area contributed by atoms with Crippen LogP contribution in [0, 0.1) is 6.92 Å². The molecule has 5 heteroatoms. The van der Waals surface area contributed by atoms with Crippen molar-refractivity contribution in [2.45, 2.75) is 6.92 Å². The van der Waals surface area contributed by atoms with Crippen molar-refractivity contribution in [2.24, 2.45) is 0 Å². The van der Waals surface area contributed by atoms with Crippen molar-refractivity contribution in [1.82, 2.24) is 0 Å². The van der Waals surface area contributed by atoms with Crippen LogP contribution in [-0.4, -0.2) is 18.1 Å². The van der Waals surface area contributed by atoms with Gasteiger partial charge in [0.05, 0.1) is 18.4 Å². The topological polar surface area (TPSA) is 58.6 Å².